The van der Waals surface area contributed by atoms with Crippen LogP contribution in [0.3, 0.4) is 0 Å². The van der Waals surface area contributed by atoms with Crippen LogP contribution in [0.15, 0.2) is 58.5 Å². The fourth-order valence-corrected chi connectivity index (χ4v) is 5.72. The van der Waals surface area contributed by atoms with E-state index in [0.29, 0.717) is 16.7 Å². The van der Waals surface area contributed by atoms with Crippen molar-refractivity contribution in [2.45, 2.75) is 43.0 Å². The van der Waals surface area contributed by atoms with E-state index in [1.807, 2.05) is 30.3 Å². The molecule has 0 aliphatic carbocycles. The fourth-order valence-electron chi connectivity index (χ4n) is 4.28. The van der Waals surface area contributed by atoms with Gasteiger partial charge in [-0.2, -0.15) is 0 Å². The SMILES string of the molecule is CCc1ccc(S(=O)(=O)c2cnc3ccc(OC)cc3c2N2CCN(C(C)C)CC2)cc1. The summed E-state index contributed by atoms with van der Waals surface area (Å²) in [5.74, 6) is 0.684. The number of methoxy groups -OCH3 is 1. The van der Waals surface area contributed by atoms with Gasteiger partial charge in [-0.15, -0.1) is 0 Å². The highest BCUT2D eigenvalue weighted by Gasteiger charge is 2.29. The molecule has 2 aromatic carbocycles. The van der Waals surface area contributed by atoms with E-state index in [0.717, 1.165) is 54.8 Å². The monoisotopic (exact) mass is 453 g/mol. The molecule has 170 valence electrons. The average molecular weight is 454 g/mol. The minimum absolute atomic E-state index is 0.250. The van der Waals surface area contributed by atoms with Gasteiger partial charge in [-0.05, 0) is 56.2 Å². The summed E-state index contributed by atoms with van der Waals surface area (Å²) in [6, 6.07) is 13.3. The van der Waals surface area contributed by atoms with Crippen LogP contribution in [0, 0.1) is 0 Å². The molecule has 3 aromatic rings. The van der Waals surface area contributed by atoms with E-state index < -0.39 is 9.84 Å². The number of piperazine rings is 1. The highest BCUT2D eigenvalue weighted by Crippen LogP contribution is 2.37. The summed E-state index contributed by atoms with van der Waals surface area (Å²) in [7, 11) is -2.13. The summed E-state index contributed by atoms with van der Waals surface area (Å²) in [5.41, 5.74) is 2.58. The van der Waals surface area contributed by atoms with Gasteiger partial charge in [0, 0.05) is 43.8 Å². The highest BCUT2D eigenvalue weighted by molar-refractivity contribution is 7.91. The maximum Gasteiger partial charge on any atom is 0.210 e. The van der Waals surface area contributed by atoms with Crippen molar-refractivity contribution in [3.63, 3.8) is 0 Å². The van der Waals surface area contributed by atoms with Gasteiger partial charge in [0.25, 0.3) is 0 Å². The third kappa shape index (κ3) is 4.19. The summed E-state index contributed by atoms with van der Waals surface area (Å²) >= 11 is 0. The minimum Gasteiger partial charge on any atom is -0.497 e. The molecule has 1 fully saturated rings. The molecule has 0 saturated carbocycles. The first-order valence-electron chi connectivity index (χ1n) is 11.1. The molecule has 1 aromatic heterocycles. The topological polar surface area (TPSA) is 62.7 Å². The Kier molecular flexibility index (Phi) is 6.40. The molecule has 0 atom stereocenters. The van der Waals surface area contributed by atoms with E-state index in [4.69, 9.17) is 4.74 Å². The minimum atomic E-state index is -3.74. The van der Waals surface area contributed by atoms with Crippen molar-refractivity contribution >= 4 is 26.4 Å². The second-order valence-corrected chi connectivity index (χ2v) is 10.4. The normalized spacial score (nSPS) is 15.5. The third-order valence-electron chi connectivity index (χ3n) is 6.31. The van der Waals surface area contributed by atoms with Crippen molar-refractivity contribution in [3.05, 3.63) is 54.2 Å². The van der Waals surface area contributed by atoms with Crippen LogP contribution in [-0.4, -0.2) is 57.6 Å². The smallest absolute Gasteiger partial charge is 0.210 e. The van der Waals surface area contributed by atoms with E-state index in [1.165, 1.54) is 6.20 Å². The summed E-state index contributed by atoms with van der Waals surface area (Å²) in [6.07, 6.45) is 2.38. The Balaban J connectivity index is 1.87. The van der Waals surface area contributed by atoms with Gasteiger partial charge in [0.05, 0.1) is 23.2 Å². The van der Waals surface area contributed by atoms with Gasteiger partial charge in [0.2, 0.25) is 9.84 Å². The maximum atomic E-state index is 13.8. The zero-order valence-electron chi connectivity index (χ0n) is 19.2. The van der Waals surface area contributed by atoms with Crippen molar-refractivity contribution in [1.82, 2.24) is 9.88 Å². The Bertz CT molecular complexity index is 1200. The number of fused-ring (bicyclic) bond motifs is 1. The van der Waals surface area contributed by atoms with Crippen molar-refractivity contribution in [2.24, 2.45) is 0 Å². The number of benzene rings is 2. The van der Waals surface area contributed by atoms with Crippen LogP contribution in [0.1, 0.15) is 26.3 Å². The first-order chi connectivity index (χ1) is 15.3. The summed E-state index contributed by atoms with van der Waals surface area (Å²) < 4.78 is 33.0. The number of sulfone groups is 1. The van der Waals surface area contributed by atoms with Crippen LogP contribution in [0.4, 0.5) is 5.69 Å². The van der Waals surface area contributed by atoms with Crippen molar-refractivity contribution in [2.75, 3.05) is 38.2 Å². The first-order valence-corrected chi connectivity index (χ1v) is 12.6. The van der Waals surface area contributed by atoms with Gasteiger partial charge < -0.3 is 9.64 Å². The van der Waals surface area contributed by atoms with Gasteiger partial charge in [-0.1, -0.05) is 19.1 Å². The molecule has 0 unspecified atom stereocenters. The molecule has 32 heavy (non-hydrogen) atoms. The number of nitrogens with zero attached hydrogens (tertiary/aromatic N) is 3. The number of anilines is 1. The van der Waals surface area contributed by atoms with E-state index >= 15 is 0 Å². The Hall–Kier alpha value is -2.64. The molecular formula is C25H31N3O3S. The Morgan fingerprint density at radius 1 is 1.03 bits per heavy atom. The molecule has 0 spiro atoms. The third-order valence-corrected chi connectivity index (χ3v) is 8.08. The lowest BCUT2D eigenvalue weighted by Gasteiger charge is -2.39. The van der Waals surface area contributed by atoms with Gasteiger partial charge >= 0.3 is 0 Å². The highest BCUT2D eigenvalue weighted by atomic mass is 32.2. The summed E-state index contributed by atoms with van der Waals surface area (Å²) in [4.78, 5) is 9.66. The molecule has 2 heterocycles. The number of pyridine rings is 1. The second-order valence-electron chi connectivity index (χ2n) is 8.47. The number of aromatic nitrogens is 1. The molecule has 0 amide bonds. The Morgan fingerprint density at radius 2 is 1.72 bits per heavy atom. The molecule has 1 aliphatic heterocycles. The van der Waals surface area contributed by atoms with Crippen LogP contribution < -0.4 is 9.64 Å². The van der Waals surface area contributed by atoms with Crippen LogP contribution in [0.5, 0.6) is 5.75 Å². The van der Waals surface area contributed by atoms with E-state index in [9.17, 15) is 8.42 Å². The number of hydrogen-bond donors (Lipinski definition) is 0. The van der Waals surface area contributed by atoms with Gasteiger partial charge in [-0.25, -0.2) is 8.42 Å². The average Bonchev–Trinajstić information content (AvgIpc) is 2.82. The van der Waals surface area contributed by atoms with E-state index in [2.05, 4.69) is 35.6 Å². The van der Waals surface area contributed by atoms with E-state index in [1.54, 1.807) is 19.2 Å². The number of hydrogen-bond acceptors (Lipinski definition) is 6. The maximum absolute atomic E-state index is 13.8. The Morgan fingerprint density at radius 3 is 2.31 bits per heavy atom. The fraction of sp³-hybridized carbons (Fsp3) is 0.400. The van der Waals surface area contributed by atoms with Gasteiger partial charge in [-0.3, -0.25) is 9.88 Å². The lowest BCUT2D eigenvalue weighted by molar-refractivity contribution is 0.209. The zero-order chi connectivity index (χ0) is 22.9. The van der Waals surface area contributed by atoms with Crippen LogP contribution in [-0.2, 0) is 16.3 Å². The second kappa shape index (κ2) is 9.08. The van der Waals surface area contributed by atoms with Crippen LogP contribution >= 0.6 is 0 Å². The predicted octanol–water partition coefficient (Wildman–Crippen LogP) is 4.17. The van der Waals surface area contributed by atoms with Crippen molar-refractivity contribution < 1.29 is 13.2 Å². The quantitative estimate of drug-likeness (QED) is 0.558. The molecule has 1 saturated heterocycles. The molecular weight excluding hydrogens is 422 g/mol. The standard InChI is InChI=1S/C25H31N3O3S/c1-5-19-6-9-21(10-7-19)32(29,30)24-17-26-23-11-8-20(31-4)16-22(23)25(24)28-14-12-27(13-15-28)18(2)3/h6-11,16-18H,5,12-15H2,1-4H3. The van der Waals surface area contributed by atoms with Crippen molar-refractivity contribution in [1.29, 1.82) is 0 Å². The largest absolute Gasteiger partial charge is 0.497 e. The Labute approximate surface area is 190 Å². The van der Waals surface area contributed by atoms with Gasteiger partial charge in [0.15, 0.2) is 0 Å². The molecule has 0 radical (unpaired) electrons. The lowest BCUT2D eigenvalue weighted by Crippen LogP contribution is -2.49. The van der Waals surface area contributed by atoms with Crippen molar-refractivity contribution in [3.8, 4) is 5.75 Å². The molecule has 4 rings (SSSR count). The van der Waals surface area contributed by atoms with Crippen LogP contribution in [0.25, 0.3) is 10.9 Å². The number of rotatable bonds is 6. The number of aryl methyl sites for hydroxylation is 1. The molecule has 6 nitrogen and oxygen atoms in total. The van der Waals surface area contributed by atoms with Gasteiger partial charge in [0.1, 0.15) is 10.6 Å². The molecule has 1 aliphatic rings. The summed E-state index contributed by atoms with van der Waals surface area (Å²) in [5, 5.41) is 0.800. The molecule has 0 bridgehead atoms. The summed E-state index contributed by atoms with van der Waals surface area (Å²) in [6.45, 7) is 9.72. The number of ether oxygens (including phenoxy) is 1. The predicted molar refractivity (Wildman–Crippen MR) is 128 cm³/mol. The molecule has 7 heteroatoms. The van der Waals surface area contributed by atoms with Crippen LogP contribution in [0.2, 0.25) is 0 Å². The van der Waals surface area contributed by atoms with E-state index in [-0.39, 0.29) is 4.90 Å². The zero-order valence-corrected chi connectivity index (χ0v) is 20.0. The first kappa shape index (κ1) is 22.6. The molecule has 0 N–H and O–H groups in total. The lowest BCUT2D eigenvalue weighted by atomic mass is 10.1.